The van der Waals surface area contributed by atoms with Gasteiger partial charge in [-0.3, -0.25) is 0 Å². The van der Waals surface area contributed by atoms with E-state index in [0.717, 1.165) is 29.3 Å². The van der Waals surface area contributed by atoms with Gasteiger partial charge in [-0.1, -0.05) is 50.4 Å². The molecule has 112 valence electrons. The molecule has 1 saturated carbocycles. The first-order chi connectivity index (χ1) is 9.72. The van der Waals surface area contributed by atoms with E-state index in [0.29, 0.717) is 0 Å². The van der Waals surface area contributed by atoms with Crippen LogP contribution in [-0.2, 0) is 6.42 Å². The van der Waals surface area contributed by atoms with E-state index in [1.165, 1.54) is 44.2 Å². The molecule has 1 aliphatic rings. The summed E-state index contributed by atoms with van der Waals surface area (Å²) >= 11 is 5.99. The fourth-order valence-electron chi connectivity index (χ4n) is 3.57. The molecule has 0 saturated heterocycles. The SMILES string of the molecule is CCNCC1CCC(CC)CC1Cc1ccc(Cl)cc1. The number of hydrogen-bond acceptors (Lipinski definition) is 1. The lowest BCUT2D eigenvalue weighted by Gasteiger charge is -2.36. The van der Waals surface area contributed by atoms with Gasteiger partial charge in [-0.15, -0.1) is 0 Å². The fraction of sp³-hybridized carbons (Fsp3) is 0.667. The van der Waals surface area contributed by atoms with E-state index in [1.807, 2.05) is 12.1 Å². The Morgan fingerprint density at radius 1 is 1.10 bits per heavy atom. The van der Waals surface area contributed by atoms with E-state index >= 15 is 0 Å². The van der Waals surface area contributed by atoms with Crippen LogP contribution < -0.4 is 5.32 Å². The summed E-state index contributed by atoms with van der Waals surface area (Å²) in [5.41, 5.74) is 1.44. The first kappa shape index (κ1) is 15.9. The number of hydrogen-bond donors (Lipinski definition) is 1. The zero-order chi connectivity index (χ0) is 14.4. The van der Waals surface area contributed by atoms with E-state index in [4.69, 9.17) is 11.6 Å². The molecule has 2 rings (SSSR count). The van der Waals surface area contributed by atoms with Crippen LogP contribution in [0.3, 0.4) is 0 Å². The van der Waals surface area contributed by atoms with Gasteiger partial charge in [0.2, 0.25) is 0 Å². The van der Waals surface area contributed by atoms with Gasteiger partial charge in [0.05, 0.1) is 0 Å². The van der Waals surface area contributed by atoms with Gasteiger partial charge < -0.3 is 5.32 Å². The van der Waals surface area contributed by atoms with Crippen molar-refractivity contribution in [2.75, 3.05) is 13.1 Å². The third-order valence-corrected chi connectivity index (χ3v) is 5.15. The quantitative estimate of drug-likeness (QED) is 0.784. The Labute approximate surface area is 129 Å². The van der Waals surface area contributed by atoms with Crippen LogP contribution in [-0.4, -0.2) is 13.1 Å². The zero-order valence-corrected chi connectivity index (χ0v) is 13.6. The summed E-state index contributed by atoms with van der Waals surface area (Å²) in [6, 6.07) is 8.44. The molecule has 1 aromatic rings. The van der Waals surface area contributed by atoms with Gasteiger partial charge >= 0.3 is 0 Å². The van der Waals surface area contributed by atoms with Crippen molar-refractivity contribution in [1.29, 1.82) is 0 Å². The highest BCUT2D eigenvalue weighted by atomic mass is 35.5. The monoisotopic (exact) mass is 293 g/mol. The highest BCUT2D eigenvalue weighted by Gasteiger charge is 2.29. The van der Waals surface area contributed by atoms with Gasteiger partial charge in [-0.25, -0.2) is 0 Å². The average molecular weight is 294 g/mol. The van der Waals surface area contributed by atoms with Crippen molar-refractivity contribution in [1.82, 2.24) is 5.32 Å². The predicted octanol–water partition coefficient (Wildman–Crippen LogP) is 4.93. The average Bonchev–Trinajstić information content (AvgIpc) is 2.48. The minimum Gasteiger partial charge on any atom is -0.317 e. The molecular weight excluding hydrogens is 266 g/mol. The maximum atomic E-state index is 5.99. The molecule has 0 aromatic heterocycles. The van der Waals surface area contributed by atoms with Gasteiger partial charge in [0, 0.05) is 5.02 Å². The van der Waals surface area contributed by atoms with Crippen molar-refractivity contribution in [3.05, 3.63) is 34.9 Å². The summed E-state index contributed by atoms with van der Waals surface area (Å²) in [4.78, 5) is 0. The standard InChI is InChI=1S/C18H28ClN/c1-3-14-5-8-16(13-20-4-2)17(11-14)12-15-6-9-18(19)10-7-15/h6-7,9-10,14,16-17,20H,3-5,8,11-13H2,1-2H3. The van der Waals surface area contributed by atoms with E-state index in [-0.39, 0.29) is 0 Å². The number of halogens is 1. The summed E-state index contributed by atoms with van der Waals surface area (Å²) in [6.45, 7) is 6.81. The lowest BCUT2D eigenvalue weighted by Crippen LogP contribution is -2.34. The summed E-state index contributed by atoms with van der Waals surface area (Å²) in [5.74, 6) is 2.60. The highest BCUT2D eigenvalue weighted by Crippen LogP contribution is 2.37. The van der Waals surface area contributed by atoms with Gasteiger partial charge in [-0.05, 0) is 67.8 Å². The lowest BCUT2D eigenvalue weighted by molar-refractivity contribution is 0.172. The Bertz CT molecular complexity index is 387. The lowest BCUT2D eigenvalue weighted by atomic mass is 9.71. The largest absolute Gasteiger partial charge is 0.317 e. The summed E-state index contributed by atoms with van der Waals surface area (Å²) in [5, 5.41) is 4.40. The first-order valence-corrected chi connectivity index (χ1v) is 8.55. The number of rotatable bonds is 6. The van der Waals surface area contributed by atoms with E-state index in [9.17, 15) is 0 Å². The smallest absolute Gasteiger partial charge is 0.0406 e. The molecule has 20 heavy (non-hydrogen) atoms. The van der Waals surface area contributed by atoms with Crippen LogP contribution >= 0.6 is 11.6 Å². The van der Waals surface area contributed by atoms with Crippen LogP contribution in [0, 0.1) is 17.8 Å². The Balaban J connectivity index is 2.00. The van der Waals surface area contributed by atoms with Crippen molar-refractivity contribution in [3.63, 3.8) is 0 Å². The van der Waals surface area contributed by atoms with Crippen molar-refractivity contribution in [3.8, 4) is 0 Å². The van der Waals surface area contributed by atoms with E-state index in [2.05, 4.69) is 31.3 Å². The van der Waals surface area contributed by atoms with Gasteiger partial charge in [0.15, 0.2) is 0 Å². The molecule has 0 aliphatic heterocycles. The third kappa shape index (κ3) is 4.49. The van der Waals surface area contributed by atoms with Gasteiger partial charge in [-0.2, -0.15) is 0 Å². The second kappa shape index (κ2) is 8.05. The summed E-state index contributed by atoms with van der Waals surface area (Å²) < 4.78 is 0. The Hall–Kier alpha value is -0.530. The van der Waals surface area contributed by atoms with Crippen LogP contribution in [0.2, 0.25) is 5.02 Å². The van der Waals surface area contributed by atoms with E-state index < -0.39 is 0 Å². The summed E-state index contributed by atoms with van der Waals surface area (Å²) in [6.07, 6.45) is 6.76. The maximum absolute atomic E-state index is 5.99. The second-order valence-electron chi connectivity index (χ2n) is 6.25. The van der Waals surface area contributed by atoms with Gasteiger partial charge in [0.25, 0.3) is 0 Å². The first-order valence-electron chi connectivity index (χ1n) is 8.18. The zero-order valence-electron chi connectivity index (χ0n) is 12.9. The fourth-order valence-corrected chi connectivity index (χ4v) is 3.69. The molecular formula is C18H28ClN. The molecule has 0 amide bonds. The van der Waals surface area contributed by atoms with Crippen LogP contribution in [0.25, 0.3) is 0 Å². The molecule has 1 aliphatic carbocycles. The minimum atomic E-state index is 0.828. The summed E-state index contributed by atoms with van der Waals surface area (Å²) in [7, 11) is 0. The molecule has 1 fully saturated rings. The minimum absolute atomic E-state index is 0.828. The topological polar surface area (TPSA) is 12.0 Å². The Kier molecular flexibility index (Phi) is 6.38. The maximum Gasteiger partial charge on any atom is 0.0406 e. The Morgan fingerprint density at radius 3 is 2.50 bits per heavy atom. The van der Waals surface area contributed by atoms with Crippen molar-refractivity contribution in [2.45, 2.75) is 46.0 Å². The number of nitrogens with one attached hydrogen (secondary N) is 1. The predicted molar refractivity (Wildman–Crippen MR) is 88.3 cm³/mol. The van der Waals surface area contributed by atoms with Crippen LogP contribution in [0.1, 0.15) is 45.1 Å². The highest BCUT2D eigenvalue weighted by molar-refractivity contribution is 6.30. The third-order valence-electron chi connectivity index (χ3n) is 4.89. The van der Waals surface area contributed by atoms with E-state index in [1.54, 1.807) is 0 Å². The molecule has 1 N–H and O–H groups in total. The van der Waals surface area contributed by atoms with Gasteiger partial charge in [0.1, 0.15) is 0 Å². The van der Waals surface area contributed by atoms with Crippen LogP contribution in [0.4, 0.5) is 0 Å². The van der Waals surface area contributed by atoms with Crippen LogP contribution in [0.5, 0.6) is 0 Å². The molecule has 0 bridgehead atoms. The normalized spacial score (nSPS) is 26.6. The molecule has 3 atom stereocenters. The molecule has 3 unspecified atom stereocenters. The molecule has 0 spiro atoms. The molecule has 2 heteroatoms. The Morgan fingerprint density at radius 2 is 1.85 bits per heavy atom. The van der Waals surface area contributed by atoms with Crippen molar-refractivity contribution < 1.29 is 0 Å². The number of benzene rings is 1. The second-order valence-corrected chi connectivity index (χ2v) is 6.68. The molecule has 0 radical (unpaired) electrons. The molecule has 1 aromatic carbocycles. The molecule has 0 heterocycles. The molecule has 1 nitrogen and oxygen atoms in total. The van der Waals surface area contributed by atoms with Crippen molar-refractivity contribution in [2.24, 2.45) is 17.8 Å². The van der Waals surface area contributed by atoms with Crippen molar-refractivity contribution >= 4 is 11.6 Å². The van der Waals surface area contributed by atoms with Crippen LogP contribution in [0.15, 0.2) is 24.3 Å².